The lowest BCUT2D eigenvalue weighted by molar-refractivity contribution is -0.116. The molecule has 0 unspecified atom stereocenters. The molecule has 1 atom stereocenters. The molecule has 4 heteroatoms. The average molecular weight is 222 g/mol. The summed E-state index contributed by atoms with van der Waals surface area (Å²) < 4.78 is 5.15. The maximum absolute atomic E-state index is 11.6. The monoisotopic (exact) mass is 222 g/mol. The van der Waals surface area contributed by atoms with E-state index in [1.165, 1.54) is 0 Å². The number of hydrogen-bond donors (Lipinski definition) is 2. The highest BCUT2D eigenvalue weighted by atomic mass is 16.5. The van der Waals surface area contributed by atoms with E-state index in [1.807, 2.05) is 38.2 Å². The molecule has 0 aliphatic rings. The van der Waals surface area contributed by atoms with Crippen LogP contribution in [0.1, 0.15) is 13.3 Å². The topological polar surface area (TPSA) is 50.4 Å². The molecule has 0 spiro atoms. The molecule has 0 fully saturated rings. The van der Waals surface area contributed by atoms with E-state index in [-0.39, 0.29) is 11.9 Å². The second-order valence-electron chi connectivity index (χ2n) is 3.64. The van der Waals surface area contributed by atoms with Crippen molar-refractivity contribution in [2.45, 2.75) is 19.4 Å². The predicted octanol–water partition coefficient (Wildman–Crippen LogP) is 1.63. The van der Waals surface area contributed by atoms with Crippen LogP contribution >= 0.6 is 0 Å². The van der Waals surface area contributed by atoms with Gasteiger partial charge in [0.05, 0.1) is 12.8 Å². The second-order valence-corrected chi connectivity index (χ2v) is 3.64. The largest absolute Gasteiger partial charge is 0.495 e. The van der Waals surface area contributed by atoms with Gasteiger partial charge in [-0.2, -0.15) is 0 Å². The molecular weight excluding hydrogens is 204 g/mol. The van der Waals surface area contributed by atoms with E-state index in [1.54, 1.807) is 7.11 Å². The van der Waals surface area contributed by atoms with Crippen LogP contribution < -0.4 is 15.4 Å². The van der Waals surface area contributed by atoms with Crippen molar-refractivity contribution in [1.29, 1.82) is 0 Å². The van der Waals surface area contributed by atoms with Gasteiger partial charge in [-0.1, -0.05) is 12.1 Å². The van der Waals surface area contributed by atoms with Crippen molar-refractivity contribution < 1.29 is 9.53 Å². The third kappa shape index (κ3) is 3.55. The first kappa shape index (κ1) is 12.5. The Morgan fingerprint density at radius 2 is 2.12 bits per heavy atom. The summed E-state index contributed by atoms with van der Waals surface area (Å²) in [5.74, 6) is 0.652. The van der Waals surface area contributed by atoms with E-state index in [0.717, 1.165) is 0 Å². The summed E-state index contributed by atoms with van der Waals surface area (Å²) in [6.07, 6.45) is 0.439. The van der Waals surface area contributed by atoms with Crippen LogP contribution in [0.4, 0.5) is 5.69 Å². The Hall–Kier alpha value is -1.55. The van der Waals surface area contributed by atoms with Gasteiger partial charge in [0.15, 0.2) is 0 Å². The van der Waals surface area contributed by atoms with Gasteiger partial charge in [-0.15, -0.1) is 0 Å². The molecule has 1 aromatic rings. The minimum absolute atomic E-state index is 0.0219. The fraction of sp³-hybridized carbons (Fsp3) is 0.417. The minimum Gasteiger partial charge on any atom is -0.495 e. The Kier molecular flexibility index (Phi) is 4.79. The Morgan fingerprint density at radius 1 is 1.44 bits per heavy atom. The number of anilines is 1. The smallest absolute Gasteiger partial charge is 0.226 e. The van der Waals surface area contributed by atoms with Crippen LogP contribution in [0.5, 0.6) is 5.75 Å². The van der Waals surface area contributed by atoms with Crippen molar-refractivity contribution in [2.24, 2.45) is 0 Å². The van der Waals surface area contributed by atoms with E-state index in [0.29, 0.717) is 17.9 Å². The minimum atomic E-state index is -0.0219. The van der Waals surface area contributed by atoms with Crippen molar-refractivity contribution >= 4 is 11.6 Å². The number of rotatable bonds is 5. The Morgan fingerprint density at radius 3 is 2.75 bits per heavy atom. The van der Waals surface area contributed by atoms with Crippen LogP contribution in [0.25, 0.3) is 0 Å². The Balaban J connectivity index is 2.62. The number of ether oxygens (including phenoxy) is 1. The second kappa shape index (κ2) is 6.12. The number of benzene rings is 1. The summed E-state index contributed by atoms with van der Waals surface area (Å²) in [7, 11) is 3.42. The first-order valence-corrected chi connectivity index (χ1v) is 5.27. The quantitative estimate of drug-likeness (QED) is 0.796. The predicted molar refractivity (Wildman–Crippen MR) is 64.8 cm³/mol. The summed E-state index contributed by atoms with van der Waals surface area (Å²) in [4.78, 5) is 11.6. The van der Waals surface area contributed by atoms with Crippen molar-refractivity contribution in [2.75, 3.05) is 19.5 Å². The van der Waals surface area contributed by atoms with Crippen LogP contribution in [0.15, 0.2) is 24.3 Å². The molecule has 1 aromatic carbocycles. The molecule has 16 heavy (non-hydrogen) atoms. The molecule has 0 saturated heterocycles. The molecule has 88 valence electrons. The van der Waals surface area contributed by atoms with E-state index in [4.69, 9.17) is 4.74 Å². The molecule has 1 rings (SSSR count). The third-order valence-corrected chi connectivity index (χ3v) is 2.37. The summed E-state index contributed by atoms with van der Waals surface area (Å²) in [6, 6.07) is 7.53. The SMILES string of the molecule is CN[C@@H](C)CC(=O)Nc1ccccc1OC. The zero-order valence-corrected chi connectivity index (χ0v) is 9.91. The molecule has 2 N–H and O–H groups in total. The highest BCUT2D eigenvalue weighted by molar-refractivity contribution is 5.92. The maximum atomic E-state index is 11.6. The van der Waals surface area contributed by atoms with Gasteiger partial charge >= 0.3 is 0 Å². The van der Waals surface area contributed by atoms with Gasteiger partial charge in [-0.3, -0.25) is 4.79 Å². The van der Waals surface area contributed by atoms with Crippen LogP contribution in [0.2, 0.25) is 0 Å². The summed E-state index contributed by atoms with van der Waals surface area (Å²) in [5, 5.41) is 5.84. The normalized spacial score (nSPS) is 11.9. The average Bonchev–Trinajstić information content (AvgIpc) is 2.29. The van der Waals surface area contributed by atoms with Crippen LogP contribution in [0, 0.1) is 0 Å². The molecule has 0 bridgehead atoms. The fourth-order valence-electron chi connectivity index (χ4n) is 1.33. The maximum Gasteiger partial charge on any atom is 0.226 e. The molecule has 0 aliphatic heterocycles. The van der Waals surface area contributed by atoms with Crippen molar-refractivity contribution in [3.05, 3.63) is 24.3 Å². The molecular formula is C12H18N2O2. The number of carbonyl (C=O) groups excluding carboxylic acids is 1. The number of hydrogen-bond acceptors (Lipinski definition) is 3. The van der Waals surface area contributed by atoms with E-state index < -0.39 is 0 Å². The molecule has 0 aromatic heterocycles. The molecule has 1 amide bonds. The van der Waals surface area contributed by atoms with Gasteiger partial charge < -0.3 is 15.4 Å². The van der Waals surface area contributed by atoms with Gasteiger partial charge in [0.25, 0.3) is 0 Å². The zero-order valence-electron chi connectivity index (χ0n) is 9.91. The first-order valence-electron chi connectivity index (χ1n) is 5.27. The third-order valence-electron chi connectivity index (χ3n) is 2.37. The fourth-order valence-corrected chi connectivity index (χ4v) is 1.33. The summed E-state index contributed by atoms with van der Waals surface area (Å²) >= 11 is 0. The zero-order chi connectivity index (χ0) is 12.0. The first-order chi connectivity index (χ1) is 7.67. The number of amides is 1. The van der Waals surface area contributed by atoms with E-state index in [9.17, 15) is 4.79 Å². The van der Waals surface area contributed by atoms with E-state index in [2.05, 4.69) is 10.6 Å². The number of para-hydroxylation sites is 2. The lowest BCUT2D eigenvalue weighted by atomic mass is 10.2. The summed E-state index contributed by atoms with van der Waals surface area (Å²) in [6.45, 7) is 1.96. The summed E-state index contributed by atoms with van der Waals surface area (Å²) in [5.41, 5.74) is 0.707. The van der Waals surface area contributed by atoms with Crippen LogP contribution in [0.3, 0.4) is 0 Å². The van der Waals surface area contributed by atoms with Gasteiger partial charge in [0, 0.05) is 12.5 Å². The number of carbonyl (C=O) groups is 1. The van der Waals surface area contributed by atoms with Gasteiger partial charge in [-0.25, -0.2) is 0 Å². The van der Waals surface area contributed by atoms with Crippen molar-refractivity contribution in [1.82, 2.24) is 5.32 Å². The van der Waals surface area contributed by atoms with Gasteiger partial charge in [0.1, 0.15) is 5.75 Å². The number of methoxy groups -OCH3 is 1. The Bertz CT molecular complexity index is 353. The van der Waals surface area contributed by atoms with Crippen molar-refractivity contribution in [3.63, 3.8) is 0 Å². The van der Waals surface area contributed by atoms with Crippen LogP contribution in [-0.4, -0.2) is 26.1 Å². The lowest BCUT2D eigenvalue weighted by Gasteiger charge is -2.12. The molecule has 4 nitrogen and oxygen atoms in total. The highest BCUT2D eigenvalue weighted by Gasteiger charge is 2.09. The highest BCUT2D eigenvalue weighted by Crippen LogP contribution is 2.23. The van der Waals surface area contributed by atoms with E-state index >= 15 is 0 Å². The molecule has 0 heterocycles. The number of nitrogens with one attached hydrogen (secondary N) is 2. The Labute approximate surface area is 96.0 Å². The molecule has 0 radical (unpaired) electrons. The van der Waals surface area contributed by atoms with Gasteiger partial charge in [0.2, 0.25) is 5.91 Å². The van der Waals surface area contributed by atoms with Crippen molar-refractivity contribution in [3.8, 4) is 5.75 Å². The van der Waals surface area contributed by atoms with Crippen LogP contribution in [-0.2, 0) is 4.79 Å². The van der Waals surface area contributed by atoms with Gasteiger partial charge in [-0.05, 0) is 26.1 Å². The molecule has 0 aliphatic carbocycles. The lowest BCUT2D eigenvalue weighted by Crippen LogP contribution is -2.27. The standard InChI is InChI=1S/C12H18N2O2/c1-9(13-2)8-12(15)14-10-6-4-5-7-11(10)16-3/h4-7,9,13H,8H2,1-3H3,(H,14,15)/t9-/m0/s1. The molecule has 0 saturated carbocycles.